The Morgan fingerprint density at radius 3 is 0.776 bits per heavy atom. The molecule has 5 aliphatic carbocycles. The Morgan fingerprint density at radius 1 is 0.364 bits per heavy atom. The molecule has 0 aliphatic heterocycles. The van der Waals surface area contributed by atoms with E-state index in [1.54, 1.807) is 74.1 Å². The van der Waals surface area contributed by atoms with E-state index in [4.69, 9.17) is 0 Å². The molecule has 5 rings (SSSR count). The van der Waals surface area contributed by atoms with E-state index in [-0.39, 0.29) is 37.5 Å². The fraction of sp³-hybridized carbons (Fsp3) is 1.00. The first-order valence-corrected chi connectivity index (χ1v) is 40.9. The Balaban J connectivity index is -0.000000141. The predicted octanol–water partition coefficient (Wildman–Crippen LogP) is 37.0. The van der Waals surface area contributed by atoms with E-state index in [0.29, 0.717) is 43.4 Å². The van der Waals surface area contributed by atoms with E-state index >= 15 is 0 Å². The van der Waals surface area contributed by atoms with Crippen molar-refractivity contribution in [3.8, 4) is 0 Å². The zero-order valence-electron chi connectivity index (χ0n) is 72.8. The summed E-state index contributed by atoms with van der Waals surface area (Å²) in [5, 5.41) is 0. The molecule has 5 saturated carbocycles. The highest BCUT2D eigenvalue weighted by molar-refractivity contribution is 4.92. The van der Waals surface area contributed by atoms with Crippen molar-refractivity contribution in [3.63, 3.8) is 0 Å². The van der Waals surface area contributed by atoms with Crippen LogP contribution in [0.5, 0.6) is 0 Å². The Labute approximate surface area is 641 Å². The van der Waals surface area contributed by atoms with Gasteiger partial charge in [-0.3, -0.25) is 0 Å². The van der Waals surface area contributed by atoms with Gasteiger partial charge < -0.3 is 0 Å². The fourth-order valence-corrected chi connectivity index (χ4v) is 10.3. The largest absolute Gasteiger partial charge is 0.400 e. The average molecular weight is 1610 g/mol. The van der Waals surface area contributed by atoms with Gasteiger partial charge in [-0.15, -0.1) is 0 Å². The van der Waals surface area contributed by atoms with Gasteiger partial charge in [0, 0.05) is 38.0 Å². The lowest BCUT2D eigenvalue weighted by atomic mass is 9.59. The minimum atomic E-state index is -5.17. The van der Waals surface area contributed by atoms with Gasteiger partial charge in [-0.05, 0) is 153 Å². The third-order valence-electron chi connectivity index (χ3n) is 19.7. The second kappa shape index (κ2) is 62.7. The maximum atomic E-state index is 12.4. The highest BCUT2D eigenvalue weighted by Crippen LogP contribution is 2.54. The van der Waals surface area contributed by atoms with Crippen LogP contribution in [0.2, 0.25) is 0 Å². The molecule has 0 aromatic rings. The van der Waals surface area contributed by atoms with E-state index in [1.807, 2.05) is 20.8 Å². The van der Waals surface area contributed by atoms with Gasteiger partial charge in [0.1, 0.15) is 0 Å². The molecule has 0 N–H and O–H groups in total. The monoisotopic (exact) mass is 1610 g/mol. The van der Waals surface area contributed by atoms with Crippen LogP contribution in [0.15, 0.2) is 0 Å². The van der Waals surface area contributed by atoms with Crippen molar-refractivity contribution >= 4 is 0 Å². The highest BCUT2D eigenvalue weighted by atomic mass is 19.4. The van der Waals surface area contributed by atoms with E-state index in [0.717, 1.165) is 48.3 Å². The third kappa shape index (κ3) is 86.6. The van der Waals surface area contributed by atoms with Crippen LogP contribution < -0.4 is 0 Å². The molecule has 3 unspecified atom stereocenters. The Kier molecular flexibility index (Phi) is 72.5. The maximum Gasteiger partial charge on any atom is 0.400 e. The second-order valence-electron chi connectivity index (χ2n) is 34.0. The van der Waals surface area contributed by atoms with Gasteiger partial charge in [0.25, 0.3) is 0 Å². The van der Waals surface area contributed by atoms with Crippen LogP contribution in [0.1, 0.15) is 413 Å². The fourth-order valence-electron chi connectivity index (χ4n) is 10.3. The molecule has 0 nitrogen and oxygen atoms in total. The molecule has 0 aromatic heterocycles. The van der Waals surface area contributed by atoms with Crippen LogP contribution in [-0.2, 0) is 0 Å². The maximum absolute atomic E-state index is 12.4. The van der Waals surface area contributed by atoms with E-state index < -0.39 is 98.0 Å². The first-order chi connectivity index (χ1) is 48.0. The number of rotatable bonds is 11. The second-order valence-corrected chi connectivity index (χ2v) is 34.0. The van der Waals surface area contributed by atoms with E-state index in [1.165, 1.54) is 124 Å². The lowest BCUT2D eigenvalue weighted by Gasteiger charge is -2.47. The van der Waals surface area contributed by atoms with Gasteiger partial charge in [-0.1, -0.05) is 291 Å². The van der Waals surface area contributed by atoms with Crippen LogP contribution in [0.3, 0.4) is 0 Å². The minimum Gasteiger partial charge on any atom is -0.207 e. The van der Waals surface area contributed by atoms with E-state index in [9.17, 15) is 101 Å². The standard InChI is InChI=1S/C14H26.C11H20.C7H13F3.C7H12F2.C6H8F6.2C6H11F3.C5H9F3.C5H12.C4H7F3.2C4H10.C3H8.C2H6/c1-12-4-6-14(7-5-12)10-8-13(2,3)9-11-14;1-10-4-8-11(9-5-10)6-2-3-7-11;1-4-6(2,3)5-7(8,9)10;1-6-2-4-7(8,9)5-3-6;1-2-3-4(5(7,8)9)6(10,11)12;2*1-3-5(2)4-6(7,8)9;1-3-4(2)5(6,7)8;1-4-5(2)3;1-3(2)4(5,6)7;1-4(2)3;1-3-4-2;1-3-2;1-2/h12H,4-11H2,1-3H3;10H,2-9H2,1H3;4-5H2,1-3H3;6H,2-5H2,1H3;4H,2-3H2,1H3;2*5H,3-4H2,1-2H3;4H,3H2,1-2H3;5H,4H2,1-3H3;3H,1-2H3;4H,1-3H3;3-4H2,1-2H3;3H2,1-2H3;1-2H3. The van der Waals surface area contributed by atoms with Crippen molar-refractivity contribution < 1.29 is 101 Å². The molecule has 0 radical (unpaired) electrons. The third-order valence-corrected chi connectivity index (χ3v) is 19.7. The molecule has 3 atom stereocenters. The Bertz CT molecular complexity index is 1820. The summed E-state index contributed by atoms with van der Waals surface area (Å²) < 4.78 is 267. The quantitative estimate of drug-likeness (QED) is 0.181. The molecule has 2 spiro atoms. The van der Waals surface area contributed by atoms with Gasteiger partial charge in [0.2, 0.25) is 5.92 Å². The topological polar surface area (TPSA) is 0 Å². The van der Waals surface area contributed by atoms with Gasteiger partial charge in [0.05, 0.1) is 5.92 Å². The summed E-state index contributed by atoms with van der Waals surface area (Å²) in [7, 11) is 0. The first-order valence-electron chi connectivity index (χ1n) is 40.9. The van der Waals surface area contributed by atoms with Gasteiger partial charge in [-0.2, -0.15) is 92.2 Å². The van der Waals surface area contributed by atoms with Crippen LogP contribution >= 0.6 is 0 Å². The molecule has 0 aromatic carbocycles. The number of unbranched alkanes of at least 4 members (excludes halogenated alkanes) is 1. The van der Waals surface area contributed by atoms with Crippen molar-refractivity contribution in [2.45, 2.75) is 462 Å². The van der Waals surface area contributed by atoms with Crippen LogP contribution in [0.4, 0.5) is 101 Å². The predicted molar refractivity (Wildman–Crippen MR) is 409 cm³/mol. The van der Waals surface area contributed by atoms with Crippen molar-refractivity contribution in [1.29, 1.82) is 0 Å². The van der Waals surface area contributed by atoms with Gasteiger partial charge in [-0.25, -0.2) is 8.78 Å². The van der Waals surface area contributed by atoms with Crippen LogP contribution in [-0.4, -0.2) is 49.2 Å². The van der Waals surface area contributed by atoms with Crippen molar-refractivity contribution in [2.75, 3.05) is 0 Å². The lowest BCUT2D eigenvalue weighted by molar-refractivity contribution is -0.285. The number of halogens is 23. The molecule has 0 heterocycles. The zero-order valence-corrected chi connectivity index (χ0v) is 72.8. The van der Waals surface area contributed by atoms with Crippen LogP contribution in [0, 0.1) is 80.8 Å². The van der Waals surface area contributed by atoms with Gasteiger partial charge >= 0.3 is 43.2 Å². The van der Waals surface area contributed by atoms with E-state index in [2.05, 4.69) is 96.9 Å². The molecular formula is C84H163F23. The van der Waals surface area contributed by atoms with Crippen molar-refractivity contribution in [2.24, 2.45) is 80.8 Å². The first kappa shape index (κ1) is 124. The lowest BCUT2D eigenvalue weighted by Crippen LogP contribution is -2.36. The summed E-state index contributed by atoms with van der Waals surface area (Å²) in [6.45, 7) is 55.5. The number of alkyl halides is 23. The molecule has 23 heteroatoms. The minimum absolute atomic E-state index is 0.105. The molecule has 0 amide bonds. The van der Waals surface area contributed by atoms with Crippen molar-refractivity contribution in [3.05, 3.63) is 0 Å². The molecule has 660 valence electrons. The van der Waals surface area contributed by atoms with Crippen LogP contribution in [0.25, 0.3) is 0 Å². The number of hydrogen-bond acceptors (Lipinski definition) is 0. The molecule has 0 saturated heterocycles. The molecular weight excluding hydrogens is 1450 g/mol. The Hall–Kier alpha value is -1.61. The molecule has 5 fully saturated rings. The number of hydrogen-bond donors (Lipinski definition) is 0. The normalized spacial score (nSPS) is 18.6. The summed E-state index contributed by atoms with van der Waals surface area (Å²) in [6, 6.07) is 0. The highest BCUT2D eigenvalue weighted by Gasteiger charge is 2.55. The molecule has 5 aliphatic rings. The molecule has 107 heavy (non-hydrogen) atoms. The van der Waals surface area contributed by atoms with Gasteiger partial charge in [0.15, 0.2) is 5.92 Å². The Morgan fingerprint density at radius 2 is 0.636 bits per heavy atom. The SMILES string of the molecule is CC.CC(C)C.CC(C)C(F)(F)F.CC1CCC(F)(F)CC1.CC1CCC2(CC1)CCC(C)(C)CC2.CC1CCC2(CCCC2)CC1.CCC.CCC(C)(C)CC(F)(F)F.CCC(C)C.CCC(C)C(F)(F)F.CCC(C)CC(F)(F)F.CCC(C)CC(F)(F)F.CCCC.CCCC(C(F)(F)F)C(F)(F)F. The molecule has 0 bridgehead atoms. The summed E-state index contributed by atoms with van der Waals surface area (Å²) in [5.74, 6) is -4.05. The smallest absolute Gasteiger partial charge is 0.207 e. The van der Waals surface area contributed by atoms with Crippen molar-refractivity contribution in [1.82, 2.24) is 0 Å². The average Bonchev–Trinajstić information content (AvgIpc) is 1.29. The summed E-state index contributed by atoms with van der Waals surface area (Å²) in [5.41, 5.74) is 1.70. The summed E-state index contributed by atoms with van der Waals surface area (Å²) in [4.78, 5) is 0. The summed E-state index contributed by atoms with van der Waals surface area (Å²) in [6.07, 6.45) is -0.249. The summed E-state index contributed by atoms with van der Waals surface area (Å²) >= 11 is 0. The zero-order chi connectivity index (χ0) is 87.1.